The molecule has 0 bridgehead atoms. The summed E-state index contributed by atoms with van der Waals surface area (Å²) >= 11 is 0. The Labute approximate surface area is 156 Å². The number of rotatable bonds is 4. The van der Waals surface area contributed by atoms with E-state index in [1.165, 1.54) is 0 Å². The van der Waals surface area contributed by atoms with Crippen LogP contribution >= 0.6 is 0 Å². The smallest absolute Gasteiger partial charge is 0.428 e. The standard InChI is InChI=1S/C19H34O7/c1-16(2,3)11-18(7,8)25-14(21)23-13(20)24-15(22)26-19(9,10)12-17(4,5)6/h11-12H2,1-10H3. The van der Waals surface area contributed by atoms with E-state index in [1.54, 1.807) is 27.7 Å². The second-order valence-electron chi connectivity index (χ2n) is 10.2. The molecule has 0 spiro atoms. The number of hydrogen-bond acceptors (Lipinski definition) is 7. The highest BCUT2D eigenvalue weighted by Gasteiger charge is 2.33. The van der Waals surface area contributed by atoms with E-state index in [4.69, 9.17) is 9.47 Å². The first-order valence-corrected chi connectivity index (χ1v) is 8.66. The van der Waals surface area contributed by atoms with Gasteiger partial charge in [-0.25, -0.2) is 14.4 Å². The number of ether oxygens (including phenoxy) is 4. The van der Waals surface area contributed by atoms with Crippen LogP contribution in [0.15, 0.2) is 0 Å². The van der Waals surface area contributed by atoms with E-state index in [2.05, 4.69) is 9.47 Å². The highest BCUT2D eigenvalue weighted by atomic mass is 16.9. The first kappa shape index (κ1) is 24.2. The maximum Gasteiger partial charge on any atom is 0.528 e. The first-order valence-electron chi connectivity index (χ1n) is 8.66. The minimum Gasteiger partial charge on any atom is -0.428 e. The fraction of sp³-hybridized carbons (Fsp3) is 0.842. The predicted molar refractivity (Wildman–Crippen MR) is 96.8 cm³/mol. The van der Waals surface area contributed by atoms with Crippen molar-refractivity contribution in [2.75, 3.05) is 0 Å². The molecule has 26 heavy (non-hydrogen) atoms. The molecule has 152 valence electrons. The zero-order chi connectivity index (χ0) is 21.0. The van der Waals surface area contributed by atoms with Gasteiger partial charge in [-0.15, -0.1) is 0 Å². The van der Waals surface area contributed by atoms with Crippen molar-refractivity contribution in [3.8, 4) is 0 Å². The molecule has 0 aliphatic rings. The third kappa shape index (κ3) is 12.6. The maximum absolute atomic E-state index is 11.7. The van der Waals surface area contributed by atoms with Gasteiger partial charge in [-0.2, -0.15) is 0 Å². The summed E-state index contributed by atoms with van der Waals surface area (Å²) in [6.45, 7) is 18.8. The van der Waals surface area contributed by atoms with Gasteiger partial charge in [-0.1, -0.05) is 41.5 Å². The average molecular weight is 374 g/mol. The lowest BCUT2D eigenvalue weighted by atomic mass is 9.84. The minimum absolute atomic E-state index is 0.0905. The van der Waals surface area contributed by atoms with Crippen molar-refractivity contribution in [1.29, 1.82) is 0 Å². The number of carbonyl (C=O) groups is 3. The van der Waals surface area contributed by atoms with Gasteiger partial charge in [0.2, 0.25) is 0 Å². The Morgan fingerprint density at radius 3 is 1.04 bits per heavy atom. The van der Waals surface area contributed by atoms with Crippen LogP contribution in [0, 0.1) is 10.8 Å². The third-order valence-electron chi connectivity index (χ3n) is 2.96. The van der Waals surface area contributed by atoms with Crippen LogP contribution in [0.3, 0.4) is 0 Å². The lowest BCUT2D eigenvalue weighted by Crippen LogP contribution is -2.35. The Morgan fingerprint density at radius 2 is 0.808 bits per heavy atom. The summed E-state index contributed by atoms with van der Waals surface area (Å²) in [5.41, 5.74) is -1.87. The molecule has 0 aromatic carbocycles. The van der Waals surface area contributed by atoms with Gasteiger partial charge in [-0.05, 0) is 51.4 Å². The highest BCUT2D eigenvalue weighted by Crippen LogP contribution is 2.30. The third-order valence-corrected chi connectivity index (χ3v) is 2.96. The molecule has 7 nitrogen and oxygen atoms in total. The molecule has 0 aromatic heterocycles. The highest BCUT2D eigenvalue weighted by molar-refractivity contribution is 5.83. The maximum atomic E-state index is 11.7. The van der Waals surface area contributed by atoms with Crippen LogP contribution in [-0.4, -0.2) is 29.7 Å². The molecule has 0 rings (SSSR count). The summed E-state index contributed by atoms with van der Waals surface area (Å²) in [5.74, 6) is 0. The van der Waals surface area contributed by atoms with E-state index >= 15 is 0 Å². The summed E-state index contributed by atoms with van der Waals surface area (Å²) < 4.78 is 19.0. The molecule has 0 unspecified atom stereocenters. The Bertz CT molecular complexity index is 473. The van der Waals surface area contributed by atoms with Crippen molar-refractivity contribution in [3.05, 3.63) is 0 Å². The average Bonchev–Trinajstić information content (AvgIpc) is 2.16. The monoisotopic (exact) mass is 374 g/mol. The molecule has 0 aromatic rings. The summed E-state index contributed by atoms with van der Waals surface area (Å²) in [6, 6.07) is 0. The van der Waals surface area contributed by atoms with Crippen molar-refractivity contribution >= 4 is 18.5 Å². The van der Waals surface area contributed by atoms with Crippen molar-refractivity contribution in [2.24, 2.45) is 10.8 Å². The van der Waals surface area contributed by atoms with E-state index in [1.807, 2.05) is 41.5 Å². The Kier molecular flexibility index (Phi) is 7.70. The van der Waals surface area contributed by atoms with E-state index in [9.17, 15) is 14.4 Å². The van der Waals surface area contributed by atoms with Crippen molar-refractivity contribution < 1.29 is 33.3 Å². The van der Waals surface area contributed by atoms with Crippen LogP contribution in [0.4, 0.5) is 14.4 Å². The van der Waals surface area contributed by atoms with Gasteiger partial charge < -0.3 is 18.9 Å². The van der Waals surface area contributed by atoms with Gasteiger partial charge in [0.1, 0.15) is 11.2 Å². The van der Waals surface area contributed by atoms with Crippen molar-refractivity contribution in [1.82, 2.24) is 0 Å². The van der Waals surface area contributed by atoms with Gasteiger partial charge >= 0.3 is 18.5 Å². The molecule has 7 heteroatoms. The molecule has 0 radical (unpaired) electrons. The summed E-state index contributed by atoms with van der Waals surface area (Å²) in [7, 11) is 0. The van der Waals surface area contributed by atoms with Crippen molar-refractivity contribution in [2.45, 2.75) is 93.3 Å². The molecule has 0 amide bonds. The van der Waals surface area contributed by atoms with E-state index in [0.29, 0.717) is 12.8 Å². The van der Waals surface area contributed by atoms with Crippen LogP contribution in [0.25, 0.3) is 0 Å². The Balaban J connectivity index is 4.53. The van der Waals surface area contributed by atoms with Crippen LogP contribution in [-0.2, 0) is 18.9 Å². The van der Waals surface area contributed by atoms with Crippen LogP contribution in [0.5, 0.6) is 0 Å². The molecule has 0 saturated heterocycles. The van der Waals surface area contributed by atoms with Gasteiger partial charge in [0.25, 0.3) is 0 Å². The zero-order valence-electron chi connectivity index (χ0n) is 17.8. The van der Waals surface area contributed by atoms with Gasteiger partial charge in [0, 0.05) is 0 Å². The fourth-order valence-corrected chi connectivity index (χ4v) is 3.28. The Morgan fingerprint density at radius 1 is 0.538 bits per heavy atom. The first-order chi connectivity index (χ1) is 11.3. The Hall–Kier alpha value is -1.79. The molecule has 0 aliphatic carbocycles. The van der Waals surface area contributed by atoms with E-state index in [0.717, 1.165) is 0 Å². The van der Waals surface area contributed by atoms with Crippen LogP contribution in [0.2, 0.25) is 0 Å². The SMILES string of the molecule is CC(C)(C)CC(C)(C)OC(=O)OC(=O)OC(=O)OC(C)(C)CC(C)(C)C. The predicted octanol–water partition coefficient (Wildman–Crippen LogP) is 5.84. The second kappa shape index (κ2) is 8.27. The van der Waals surface area contributed by atoms with Gasteiger partial charge in [0.15, 0.2) is 0 Å². The number of carbonyl (C=O) groups excluding carboxylic acids is 3. The normalized spacial score (nSPS) is 13.0. The lowest BCUT2D eigenvalue weighted by molar-refractivity contribution is -0.0434. The lowest BCUT2D eigenvalue weighted by Gasteiger charge is -2.31. The van der Waals surface area contributed by atoms with Crippen molar-refractivity contribution in [3.63, 3.8) is 0 Å². The summed E-state index contributed by atoms with van der Waals surface area (Å²) in [4.78, 5) is 35.0. The summed E-state index contributed by atoms with van der Waals surface area (Å²) in [6.07, 6.45) is -2.85. The zero-order valence-corrected chi connectivity index (χ0v) is 17.8. The molecular weight excluding hydrogens is 340 g/mol. The quantitative estimate of drug-likeness (QED) is 0.451. The van der Waals surface area contributed by atoms with Crippen LogP contribution < -0.4 is 0 Å². The summed E-state index contributed by atoms with van der Waals surface area (Å²) in [5, 5.41) is 0. The van der Waals surface area contributed by atoms with Gasteiger partial charge in [-0.3, -0.25) is 0 Å². The molecule has 0 fully saturated rings. The second-order valence-corrected chi connectivity index (χ2v) is 10.2. The van der Waals surface area contributed by atoms with E-state index < -0.39 is 29.7 Å². The fourth-order valence-electron chi connectivity index (χ4n) is 3.28. The molecule has 0 atom stereocenters. The molecule has 0 aliphatic heterocycles. The molecule has 0 heterocycles. The van der Waals surface area contributed by atoms with Gasteiger partial charge in [0.05, 0.1) is 0 Å². The van der Waals surface area contributed by atoms with Crippen LogP contribution in [0.1, 0.15) is 82.1 Å². The molecular formula is C19H34O7. The number of hydrogen-bond donors (Lipinski definition) is 0. The van der Waals surface area contributed by atoms with E-state index in [-0.39, 0.29) is 10.8 Å². The minimum atomic E-state index is -1.49. The molecule has 0 N–H and O–H groups in total. The molecule has 0 saturated carbocycles. The topological polar surface area (TPSA) is 88.1 Å². The largest absolute Gasteiger partial charge is 0.528 e.